The van der Waals surface area contributed by atoms with E-state index >= 15 is 0 Å². The molecule has 92 valence electrons. The molecule has 1 amide bonds. The van der Waals surface area contributed by atoms with Crippen LogP contribution in [-0.4, -0.2) is 42.3 Å². The molecule has 1 aromatic rings. The van der Waals surface area contributed by atoms with Crippen molar-refractivity contribution >= 4 is 29.6 Å². The van der Waals surface area contributed by atoms with Gasteiger partial charge in [-0.3, -0.25) is 9.59 Å². The first-order valence-electron chi connectivity index (χ1n) is 5.05. The van der Waals surface area contributed by atoms with E-state index in [1.54, 1.807) is 11.9 Å². The first-order chi connectivity index (χ1) is 8.13. The van der Waals surface area contributed by atoms with Crippen molar-refractivity contribution in [2.45, 2.75) is 6.92 Å². The number of hydrogen-bond acceptors (Lipinski definition) is 5. The van der Waals surface area contributed by atoms with Gasteiger partial charge in [-0.15, -0.1) is 0 Å². The lowest BCUT2D eigenvalue weighted by Gasteiger charge is -2.22. The maximum atomic E-state index is 11.3. The summed E-state index contributed by atoms with van der Waals surface area (Å²) in [5.74, 6) is 0.199. The third-order valence-electron chi connectivity index (χ3n) is 2.23. The second-order valence-electron chi connectivity index (χ2n) is 3.21. The third-order valence-corrected chi connectivity index (χ3v) is 2.53. The topological polar surface area (TPSA) is 75.2 Å². The molecule has 1 rings (SSSR count). The van der Waals surface area contributed by atoms with Gasteiger partial charge >= 0.3 is 0 Å². The monoisotopic (exact) mass is 256 g/mol. The minimum Gasteiger partial charge on any atom is -0.358 e. The summed E-state index contributed by atoms with van der Waals surface area (Å²) in [4.78, 5) is 31.6. The van der Waals surface area contributed by atoms with Gasteiger partial charge in [-0.1, -0.05) is 11.6 Å². The van der Waals surface area contributed by atoms with Crippen LogP contribution in [-0.2, 0) is 4.79 Å². The molecule has 0 aromatic carbocycles. The van der Waals surface area contributed by atoms with Gasteiger partial charge in [0.1, 0.15) is 17.3 Å². The van der Waals surface area contributed by atoms with Crippen LogP contribution in [0, 0.1) is 0 Å². The Labute approximate surface area is 104 Å². The van der Waals surface area contributed by atoms with Gasteiger partial charge < -0.3 is 10.2 Å². The molecule has 7 heteroatoms. The van der Waals surface area contributed by atoms with Gasteiger partial charge in [0.05, 0.1) is 12.1 Å². The fraction of sp³-hybridized carbons (Fsp3) is 0.400. The Kier molecular flexibility index (Phi) is 4.84. The largest absolute Gasteiger partial charge is 0.358 e. The molecule has 6 nitrogen and oxygen atoms in total. The third kappa shape index (κ3) is 3.13. The summed E-state index contributed by atoms with van der Waals surface area (Å²) in [7, 11) is 1.55. The minimum absolute atomic E-state index is 0.0837. The molecule has 1 N–H and O–H groups in total. The molecule has 0 aliphatic heterocycles. The van der Waals surface area contributed by atoms with E-state index in [0.717, 1.165) is 0 Å². The molecule has 0 aliphatic rings. The number of hydrogen-bond donors (Lipinski definition) is 1. The average molecular weight is 257 g/mol. The highest BCUT2D eigenvalue weighted by Gasteiger charge is 2.16. The normalized spacial score (nSPS) is 9.82. The first-order valence-corrected chi connectivity index (χ1v) is 5.43. The number of halogens is 1. The number of nitrogens with one attached hydrogen (secondary N) is 1. The molecule has 0 saturated heterocycles. The Hall–Kier alpha value is -1.69. The summed E-state index contributed by atoms with van der Waals surface area (Å²) in [6, 6.07) is 0. The zero-order valence-corrected chi connectivity index (χ0v) is 10.4. The molecule has 0 atom stereocenters. The molecule has 0 fully saturated rings. The van der Waals surface area contributed by atoms with Crippen LogP contribution in [0.15, 0.2) is 6.33 Å². The van der Waals surface area contributed by atoms with E-state index in [9.17, 15) is 9.59 Å². The molecule has 1 heterocycles. The summed E-state index contributed by atoms with van der Waals surface area (Å²) < 4.78 is 0. The predicted octanol–water partition coefficient (Wildman–Crippen LogP) is 0.515. The second kappa shape index (κ2) is 6.15. The van der Waals surface area contributed by atoms with Crippen LogP contribution >= 0.6 is 11.6 Å². The molecule has 0 saturated carbocycles. The Bertz CT molecular complexity index is 425. The zero-order chi connectivity index (χ0) is 12.8. The summed E-state index contributed by atoms with van der Waals surface area (Å²) in [5, 5.41) is 2.59. The van der Waals surface area contributed by atoms with Gasteiger partial charge in [-0.25, -0.2) is 9.97 Å². The van der Waals surface area contributed by atoms with Crippen molar-refractivity contribution in [1.82, 2.24) is 15.3 Å². The van der Waals surface area contributed by atoms with Crippen molar-refractivity contribution in [2.75, 3.05) is 25.0 Å². The first kappa shape index (κ1) is 13.4. The maximum Gasteiger partial charge on any atom is 0.239 e. The standard InChI is InChI=1S/C10H13ClN4O2/c1-3-15(4-8(17)12-2)10-7(5-16)9(11)13-6-14-10/h5-6H,3-4H2,1-2H3,(H,12,17). The number of likely N-dealkylation sites (N-methyl/N-ethyl adjacent to an activating group) is 2. The molecule has 0 spiro atoms. The van der Waals surface area contributed by atoms with Crippen LogP contribution in [0.25, 0.3) is 0 Å². The number of carbonyl (C=O) groups excluding carboxylic acids is 2. The van der Waals surface area contributed by atoms with Gasteiger partial charge in [0, 0.05) is 13.6 Å². The van der Waals surface area contributed by atoms with Crippen molar-refractivity contribution in [3.05, 3.63) is 17.0 Å². The van der Waals surface area contributed by atoms with Gasteiger partial charge in [0.25, 0.3) is 0 Å². The van der Waals surface area contributed by atoms with Crippen LogP contribution < -0.4 is 10.2 Å². The molecule has 0 radical (unpaired) electrons. The molecule has 1 aromatic heterocycles. The summed E-state index contributed by atoms with van der Waals surface area (Å²) in [6.07, 6.45) is 1.85. The molecule has 17 heavy (non-hydrogen) atoms. The van der Waals surface area contributed by atoms with E-state index in [0.29, 0.717) is 18.6 Å². The van der Waals surface area contributed by atoms with Crippen molar-refractivity contribution in [1.29, 1.82) is 0 Å². The average Bonchev–Trinajstić information content (AvgIpc) is 2.35. The Morgan fingerprint density at radius 2 is 2.29 bits per heavy atom. The van der Waals surface area contributed by atoms with Crippen LogP contribution in [0.3, 0.4) is 0 Å². The van der Waals surface area contributed by atoms with Gasteiger partial charge in [-0.2, -0.15) is 0 Å². The van der Waals surface area contributed by atoms with E-state index in [-0.39, 0.29) is 23.2 Å². The van der Waals surface area contributed by atoms with Crippen molar-refractivity contribution in [3.63, 3.8) is 0 Å². The van der Waals surface area contributed by atoms with Crippen molar-refractivity contribution in [2.24, 2.45) is 0 Å². The number of amides is 1. The highest BCUT2D eigenvalue weighted by Crippen LogP contribution is 2.20. The minimum atomic E-state index is -0.168. The van der Waals surface area contributed by atoms with E-state index in [1.807, 2.05) is 6.92 Å². The van der Waals surface area contributed by atoms with Crippen LogP contribution in [0.2, 0.25) is 5.15 Å². The fourth-order valence-corrected chi connectivity index (χ4v) is 1.48. The van der Waals surface area contributed by atoms with Gasteiger partial charge in [0.2, 0.25) is 5.91 Å². The van der Waals surface area contributed by atoms with Gasteiger partial charge in [-0.05, 0) is 6.92 Å². The quantitative estimate of drug-likeness (QED) is 0.614. The Morgan fingerprint density at radius 1 is 1.59 bits per heavy atom. The molecular weight excluding hydrogens is 244 g/mol. The second-order valence-corrected chi connectivity index (χ2v) is 3.56. The molecule has 0 bridgehead atoms. The highest BCUT2D eigenvalue weighted by atomic mass is 35.5. The van der Waals surface area contributed by atoms with E-state index < -0.39 is 0 Å². The number of carbonyl (C=O) groups is 2. The van der Waals surface area contributed by atoms with Crippen molar-refractivity contribution in [3.8, 4) is 0 Å². The number of anilines is 1. The van der Waals surface area contributed by atoms with E-state index in [1.165, 1.54) is 6.33 Å². The molecule has 0 aliphatic carbocycles. The highest BCUT2D eigenvalue weighted by molar-refractivity contribution is 6.32. The fourth-order valence-electron chi connectivity index (χ4n) is 1.31. The predicted molar refractivity (Wildman–Crippen MR) is 64.4 cm³/mol. The van der Waals surface area contributed by atoms with Gasteiger partial charge in [0.15, 0.2) is 6.29 Å². The zero-order valence-electron chi connectivity index (χ0n) is 9.61. The number of nitrogens with zero attached hydrogens (tertiary/aromatic N) is 3. The summed E-state index contributed by atoms with van der Waals surface area (Å²) >= 11 is 5.79. The maximum absolute atomic E-state index is 11.3. The van der Waals surface area contributed by atoms with Crippen molar-refractivity contribution < 1.29 is 9.59 Å². The number of aldehydes is 1. The molecular formula is C10H13ClN4O2. The SMILES string of the molecule is CCN(CC(=O)NC)c1ncnc(Cl)c1C=O. The number of aromatic nitrogens is 2. The van der Waals surface area contributed by atoms with Crippen LogP contribution in [0.4, 0.5) is 5.82 Å². The lowest BCUT2D eigenvalue weighted by Crippen LogP contribution is -2.36. The van der Waals surface area contributed by atoms with E-state index in [4.69, 9.17) is 11.6 Å². The number of rotatable bonds is 5. The molecule has 0 unspecified atom stereocenters. The summed E-state index contributed by atoms with van der Waals surface area (Å²) in [6.45, 7) is 2.50. The van der Waals surface area contributed by atoms with Crippen LogP contribution in [0.1, 0.15) is 17.3 Å². The smallest absolute Gasteiger partial charge is 0.239 e. The Balaban J connectivity index is 3.07. The Morgan fingerprint density at radius 3 is 2.82 bits per heavy atom. The lowest BCUT2D eigenvalue weighted by atomic mass is 10.3. The van der Waals surface area contributed by atoms with E-state index in [2.05, 4.69) is 15.3 Å². The summed E-state index contributed by atoms with van der Waals surface area (Å²) in [5.41, 5.74) is 0.194. The van der Waals surface area contributed by atoms with Crippen LogP contribution in [0.5, 0.6) is 0 Å². The lowest BCUT2D eigenvalue weighted by molar-refractivity contribution is -0.119.